The highest BCUT2D eigenvalue weighted by atomic mass is 32.2. The number of likely N-dealkylation sites (N-methyl/N-ethyl adjacent to an activating group) is 1. The molecule has 1 unspecified atom stereocenters. The first-order chi connectivity index (χ1) is 14.1. The van der Waals surface area contributed by atoms with Crippen molar-refractivity contribution in [3.63, 3.8) is 0 Å². The molecular weight excluding hydrogens is 410 g/mol. The quantitative estimate of drug-likeness (QED) is 0.361. The van der Waals surface area contributed by atoms with Crippen molar-refractivity contribution < 1.29 is 24.3 Å². The largest absolute Gasteiger partial charge is 0.477 e. The number of carbonyl (C=O) groups excluding carboxylic acids is 3. The molecule has 3 amide bonds. The highest BCUT2D eigenvalue weighted by molar-refractivity contribution is 8.03. The van der Waals surface area contributed by atoms with Crippen molar-refractivity contribution in [3.05, 3.63) is 10.6 Å². The lowest BCUT2D eigenvalue weighted by Gasteiger charge is -2.47. The lowest BCUT2D eigenvalue weighted by atomic mass is 9.78. The molecule has 0 aromatic carbocycles. The summed E-state index contributed by atoms with van der Waals surface area (Å²) in [6.07, 6.45) is 0.593. The van der Waals surface area contributed by atoms with Gasteiger partial charge in [-0.05, 0) is 13.3 Å². The minimum atomic E-state index is -1.14. The lowest BCUT2D eigenvalue weighted by molar-refractivity contribution is -0.158. The zero-order valence-corrected chi connectivity index (χ0v) is 18.4. The number of nitrogens with two attached hydrogens (primary N) is 1. The molecule has 0 bridgehead atoms. The first-order valence-electron chi connectivity index (χ1n) is 9.99. The summed E-state index contributed by atoms with van der Waals surface area (Å²) in [5, 5.41) is 15.8. The van der Waals surface area contributed by atoms with Gasteiger partial charge in [-0.25, -0.2) is 4.79 Å². The van der Waals surface area contributed by atoms with Crippen LogP contribution in [0.5, 0.6) is 0 Å². The third-order valence-corrected chi connectivity index (χ3v) is 7.54. The van der Waals surface area contributed by atoms with Crippen LogP contribution in [0.4, 0.5) is 0 Å². The third kappa shape index (κ3) is 3.81. The summed E-state index contributed by atoms with van der Waals surface area (Å²) in [5.41, 5.74) is 5.37. The number of carboxylic acid groups (broad SMARTS) is 1. The van der Waals surface area contributed by atoms with E-state index in [2.05, 4.69) is 10.6 Å². The molecular formula is C19H29N5O5S. The van der Waals surface area contributed by atoms with Crippen LogP contribution < -0.4 is 16.4 Å². The number of fused-ring (bicyclic) bond motifs is 1. The maximum atomic E-state index is 12.8. The molecule has 3 aliphatic heterocycles. The molecule has 166 valence electrons. The van der Waals surface area contributed by atoms with Gasteiger partial charge in [0.15, 0.2) is 0 Å². The monoisotopic (exact) mass is 439 g/mol. The molecule has 30 heavy (non-hydrogen) atoms. The smallest absolute Gasteiger partial charge is 0.353 e. The van der Waals surface area contributed by atoms with Crippen LogP contribution in [0.2, 0.25) is 0 Å². The van der Waals surface area contributed by atoms with Gasteiger partial charge in [-0.15, -0.1) is 11.8 Å². The van der Waals surface area contributed by atoms with Crippen LogP contribution in [0.15, 0.2) is 10.6 Å². The normalized spacial score (nSPS) is 31.3. The van der Waals surface area contributed by atoms with Crippen molar-refractivity contribution in [1.29, 1.82) is 0 Å². The van der Waals surface area contributed by atoms with Crippen molar-refractivity contribution in [2.75, 3.05) is 27.2 Å². The molecule has 0 aromatic rings. The molecule has 0 radical (unpaired) electrons. The Bertz CT molecular complexity index is 800. The number of carbonyl (C=O) groups is 4. The molecule has 0 saturated carbocycles. The number of β-lactam (4-membered cyclic amide) rings is 1. The molecule has 3 aliphatic rings. The molecule has 2 fully saturated rings. The SMILES string of the molecule is CC(NC(=O)CN)[C@H]1C(=O)N2C(C(=O)O)=C(S[C@@H]3CN[C@H](C(=O)N(C)C)C3)[C@H](C)[C@H]12. The summed E-state index contributed by atoms with van der Waals surface area (Å²) in [4.78, 5) is 52.2. The zero-order chi connectivity index (χ0) is 22.3. The number of hydrogen-bond donors (Lipinski definition) is 4. The van der Waals surface area contributed by atoms with Gasteiger partial charge in [0, 0.05) is 42.8 Å². The fourth-order valence-electron chi connectivity index (χ4n) is 4.57. The predicted molar refractivity (Wildman–Crippen MR) is 111 cm³/mol. The van der Waals surface area contributed by atoms with Crippen molar-refractivity contribution in [2.24, 2.45) is 17.6 Å². The van der Waals surface area contributed by atoms with Crippen LogP contribution in [0.3, 0.4) is 0 Å². The first-order valence-corrected chi connectivity index (χ1v) is 10.9. The number of aliphatic carboxylic acids is 1. The molecule has 3 heterocycles. The summed E-state index contributed by atoms with van der Waals surface area (Å²) < 4.78 is 0. The average molecular weight is 440 g/mol. The Hall–Kier alpha value is -2.11. The standard InChI is InChI=1S/C19H29N5O5S/c1-8-14-13(9(2)22-12(25)6-20)18(27)24(14)15(19(28)29)16(8)30-10-5-11(21-7-10)17(26)23(3)4/h8-11,13-14,21H,5-7,20H2,1-4H3,(H,22,25)(H,28,29)/t8-,9?,10+,11+,13-,14-/m1/s1. The van der Waals surface area contributed by atoms with E-state index >= 15 is 0 Å². The van der Waals surface area contributed by atoms with Gasteiger partial charge in [0.2, 0.25) is 17.7 Å². The molecule has 10 nitrogen and oxygen atoms in total. The van der Waals surface area contributed by atoms with E-state index in [1.165, 1.54) is 21.6 Å². The molecule has 0 aromatic heterocycles. The number of thioether (sulfide) groups is 1. The molecule has 6 atom stereocenters. The summed E-state index contributed by atoms with van der Waals surface area (Å²) in [6, 6.07) is -1.04. The van der Waals surface area contributed by atoms with Crippen molar-refractivity contribution in [1.82, 2.24) is 20.4 Å². The summed E-state index contributed by atoms with van der Waals surface area (Å²) in [5.74, 6) is -2.46. The highest BCUT2D eigenvalue weighted by Gasteiger charge is 2.60. The van der Waals surface area contributed by atoms with Crippen LogP contribution in [0.25, 0.3) is 0 Å². The van der Waals surface area contributed by atoms with E-state index in [0.29, 0.717) is 17.9 Å². The van der Waals surface area contributed by atoms with E-state index in [4.69, 9.17) is 5.73 Å². The maximum absolute atomic E-state index is 12.8. The van der Waals surface area contributed by atoms with Gasteiger partial charge in [-0.1, -0.05) is 6.92 Å². The van der Waals surface area contributed by atoms with Crippen molar-refractivity contribution in [2.45, 2.75) is 43.6 Å². The number of carboxylic acids is 1. The zero-order valence-electron chi connectivity index (χ0n) is 17.5. The van der Waals surface area contributed by atoms with E-state index in [0.717, 1.165) is 0 Å². The second kappa shape index (κ2) is 8.56. The van der Waals surface area contributed by atoms with Crippen molar-refractivity contribution >= 4 is 35.5 Å². The van der Waals surface area contributed by atoms with Gasteiger partial charge in [-0.2, -0.15) is 0 Å². The van der Waals surface area contributed by atoms with E-state index in [-0.39, 0.29) is 53.2 Å². The second-order valence-corrected chi connectivity index (χ2v) is 9.60. The van der Waals surface area contributed by atoms with Crippen LogP contribution in [-0.2, 0) is 19.2 Å². The minimum absolute atomic E-state index is 0.00598. The average Bonchev–Trinajstić information content (AvgIpc) is 3.23. The predicted octanol–water partition coefficient (Wildman–Crippen LogP) is -1.23. The van der Waals surface area contributed by atoms with Crippen molar-refractivity contribution in [3.8, 4) is 0 Å². The molecule has 2 saturated heterocycles. The fraction of sp³-hybridized carbons (Fsp3) is 0.684. The third-order valence-electron chi connectivity index (χ3n) is 6.03. The van der Waals surface area contributed by atoms with E-state index in [9.17, 15) is 24.3 Å². The van der Waals surface area contributed by atoms with Crippen LogP contribution >= 0.6 is 11.8 Å². The number of nitrogens with one attached hydrogen (secondary N) is 2. The number of hydrogen-bond acceptors (Lipinski definition) is 7. The molecule has 0 spiro atoms. The summed E-state index contributed by atoms with van der Waals surface area (Å²) in [7, 11) is 3.41. The molecule has 3 rings (SSSR count). The van der Waals surface area contributed by atoms with E-state index in [1.54, 1.807) is 21.0 Å². The maximum Gasteiger partial charge on any atom is 0.353 e. The topological polar surface area (TPSA) is 145 Å². The second-order valence-electron chi connectivity index (χ2n) is 8.26. The Morgan fingerprint density at radius 3 is 2.63 bits per heavy atom. The number of nitrogens with zero attached hydrogens (tertiary/aromatic N) is 2. The number of rotatable bonds is 7. The van der Waals surface area contributed by atoms with Gasteiger partial charge >= 0.3 is 5.97 Å². The summed E-state index contributed by atoms with van der Waals surface area (Å²) in [6.45, 7) is 4.07. The Kier molecular flexibility index (Phi) is 6.44. The van der Waals surface area contributed by atoms with E-state index < -0.39 is 17.9 Å². The molecule has 5 N–H and O–H groups in total. The molecule has 11 heteroatoms. The van der Waals surface area contributed by atoms with Gasteiger partial charge in [0.05, 0.1) is 24.5 Å². The lowest BCUT2D eigenvalue weighted by Crippen LogP contribution is -2.66. The van der Waals surface area contributed by atoms with Gasteiger partial charge in [0.25, 0.3) is 0 Å². The fourth-order valence-corrected chi connectivity index (χ4v) is 6.05. The minimum Gasteiger partial charge on any atom is -0.477 e. The van der Waals surface area contributed by atoms with Crippen LogP contribution in [-0.4, -0.2) is 89.2 Å². The number of amides is 3. The Morgan fingerprint density at radius 2 is 2.07 bits per heavy atom. The Morgan fingerprint density at radius 1 is 1.40 bits per heavy atom. The Labute approximate surface area is 179 Å². The van der Waals surface area contributed by atoms with Gasteiger partial charge in [-0.3, -0.25) is 14.4 Å². The first kappa shape index (κ1) is 22.6. The van der Waals surface area contributed by atoms with Gasteiger partial charge < -0.3 is 31.3 Å². The van der Waals surface area contributed by atoms with E-state index in [1.807, 2.05) is 6.92 Å². The van der Waals surface area contributed by atoms with Gasteiger partial charge in [0.1, 0.15) is 5.70 Å². The summed E-state index contributed by atoms with van der Waals surface area (Å²) >= 11 is 1.44. The molecule has 0 aliphatic carbocycles. The highest BCUT2D eigenvalue weighted by Crippen LogP contribution is 2.51. The Balaban J connectivity index is 1.76. The van der Waals surface area contributed by atoms with Crippen LogP contribution in [0.1, 0.15) is 20.3 Å². The van der Waals surface area contributed by atoms with Crippen LogP contribution in [0, 0.1) is 11.8 Å².